The number of hydrogen-bond donors (Lipinski definition) is 1. The minimum absolute atomic E-state index is 0.185. The summed E-state index contributed by atoms with van der Waals surface area (Å²) in [7, 11) is 0. The molecule has 1 aliphatic carbocycles. The van der Waals surface area contributed by atoms with Crippen LogP contribution in [0, 0.1) is 13.8 Å². The molecule has 1 saturated carbocycles. The van der Waals surface area contributed by atoms with Crippen LogP contribution in [0.15, 0.2) is 18.2 Å². The van der Waals surface area contributed by atoms with Gasteiger partial charge in [-0.1, -0.05) is 31.4 Å². The summed E-state index contributed by atoms with van der Waals surface area (Å²) in [5.74, 6) is 1.01. The SMILES string of the molecule is Cc1cccc(OC2CCCCCCC2N)c1C. The predicted molar refractivity (Wildman–Crippen MR) is 76.0 cm³/mol. The average Bonchev–Trinajstić information content (AvgIpc) is 2.34. The minimum Gasteiger partial charge on any atom is -0.489 e. The van der Waals surface area contributed by atoms with Gasteiger partial charge in [-0.25, -0.2) is 0 Å². The van der Waals surface area contributed by atoms with Crippen LogP contribution in [0.2, 0.25) is 0 Å². The Labute approximate surface area is 111 Å². The second-order valence-corrected chi connectivity index (χ2v) is 5.51. The van der Waals surface area contributed by atoms with Crippen molar-refractivity contribution in [3.05, 3.63) is 29.3 Å². The summed E-state index contributed by atoms with van der Waals surface area (Å²) in [5, 5.41) is 0. The van der Waals surface area contributed by atoms with Crippen LogP contribution in [-0.4, -0.2) is 12.1 Å². The molecule has 0 saturated heterocycles. The average molecular weight is 247 g/mol. The summed E-state index contributed by atoms with van der Waals surface area (Å²) in [6.45, 7) is 4.25. The van der Waals surface area contributed by atoms with E-state index in [4.69, 9.17) is 10.5 Å². The first-order chi connectivity index (χ1) is 8.68. The van der Waals surface area contributed by atoms with Gasteiger partial charge in [-0.2, -0.15) is 0 Å². The van der Waals surface area contributed by atoms with Crippen LogP contribution in [-0.2, 0) is 0 Å². The number of ether oxygens (including phenoxy) is 1. The Bertz CT molecular complexity index is 389. The maximum Gasteiger partial charge on any atom is 0.122 e. The summed E-state index contributed by atoms with van der Waals surface area (Å²) in [4.78, 5) is 0. The van der Waals surface area contributed by atoms with E-state index >= 15 is 0 Å². The lowest BCUT2D eigenvalue weighted by Gasteiger charge is -2.28. The highest BCUT2D eigenvalue weighted by Gasteiger charge is 2.21. The highest BCUT2D eigenvalue weighted by atomic mass is 16.5. The molecule has 1 fully saturated rings. The van der Waals surface area contributed by atoms with E-state index in [0.29, 0.717) is 0 Å². The summed E-state index contributed by atoms with van der Waals surface area (Å²) in [6, 6.07) is 6.44. The molecule has 2 nitrogen and oxygen atoms in total. The molecule has 2 rings (SSSR count). The van der Waals surface area contributed by atoms with Crippen LogP contribution in [0.1, 0.15) is 49.7 Å². The zero-order chi connectivity index (χ0) is 13.0. The van der Waals surface area contributed by atoms with Crippen LogP contribution < -0.4 is 10.5 Å². The van der Waals surface area contributed by atoms with Crippen molar-refractivity contribution in [2.75, 3.05) is 0 Å². The second kappa shape index (κ2) is 6.24. The minimum atomic E-state index is 0.185. The normalized spacial score (nSPS) is 25.3. The fourth-order valence-corrected chi connectivity index (χ4v) is 2.64. The van der Waals surface area contributed by atoms with Crippen LogP contribution in [0.25, 0.3) is 0 Å². The molecule has 1 aromatic rings. The van der Waals surface area contributed by atoms with E-state index in [1.165, 1.54) is 36.8 Å². The van der Waals surface area contributed by atoms with Crippen LogP contribution in [0.5, 0.6) is 5.75 Å². The lowest BCUT2D eigenvalue weighted by molar-refractivity contribution is 0.144. The standard InChI is InChI=1S/C16H25NO/c1-12-8-7-11-15(13(12)2)18-16-10-6-4-3-5-9-14(16)17/h7-8,11,14,16H,3-6,9-10,17H2,1-2H3. The molecule has 0 heterocycles. The molecule has 18 heavy (non-hydrogen) atoms. The summed E-state index contributed by atoms with van der Waals surface area (Å²) >= 11 is 0. The van der Waals surface area contributed by atoms with Crippen molar-refractivity contribution in [1.29, 1.82) is 0 Å². The van der Waals surface area contributed by atoms with Gasteiger partial charge < -0.3 is 10.5 Å². The van der Waals surface area contributed by atoms with Crippen molar-refractivity contribution in [2.24, 2.45) is 5.73 Å². The zero-order valence-corrected chi connectivity index (χ0v) is 11.6. The van der Waals surface area contributed by atoms with Gasteiger partial charge in [0, 0.05) is 6.04 Å². The predicted octanol–water partition coefficient (Wildman–Crippen LogP) is 3.73. The molecule has 0 spiro atoms. The highest BCUT2D eigenvalue weighted by molar-refractivity contribution is 5.38. The Balaban J connectivity index is 2.08. The molecule has 2 N–H and O–H groups in total. The molecule has 0 amide bonds. The smallest absolute Gasteiger partial charge is 0.122 e. The molecule has 2 heteroatoms. The summed E-state index contributed by atoms with van der Waals surface area (Å²) in [6.07, 6.45) is 7.50. The molecule has 0 radical (unpaired) electrons. The fraction of sp³-hybridized carbons (Fsp3) is 0.625. The molecule has 1 aromatic carbocycles. The van der Waals surface area contributed by atoms with Crippen molar-refractivity contribution in [3.63, 3.8) is 0 Å². The zero-order valence-electron chi connectivity index (χ0n) is 11.6. The van der Waals surface area contributed by atoms with Crippen molar-refractivity contribution in [3.8, 4) is 5.75 Å². The molecule has 2 atom stereocenters. The Morgan fingerprint density at radius 2 is 1.78 bits per heavy atom. The van der Waals surface area contributed by atoms with Crippen molar-refractivity contribution >= 4 is 0 Å². The Morgan fingerprint density at radius 3 is 2.56 bits per heavy atom. The first kappa shape index (κ1) is 13.4. The van der Waals surface area contributed by atoms with Gasteiger partial charge in [-0.15, -0.1) is 0 Å². The number of aryl methyl sites for hydroxylation is 1. The third-order valence-corrected chi connectivity index (χ3v) is 4.09. The van der Waals surface area contributed by atoms with Gasteiger partial charge in [0.2, 0.25) is 0 Å². The third kappa shape index (κ3) is 3.26. The molecule has 100 valence electrons. The fourth-order valence-electron chi connectivity index (χ4n) is 2.64. The quantitative estimate of drug-likeness (QED) is 0.864. The van der Waals surface area contributed by atoms with Crippen molar-refractivity contribution in [2.45, 2.75) is 64.5 Å². The number of nitrogens with two attached hydrogens (primary N) is 1. The molecule has 1 aliphatic rings. The molecular formula is C16H25NO. The largest absolute Gasteiger partial charge is 0.489 e. The van der Waals surface area contributed by atoms with Crippen LogP contribution >= 0.6 is 0 Å². The maximum absolute atomic E-state index is 6.26. The van der Waals surface area contributed by atoms with Gasteiger partial charge in [0.15, 0.2) is 0 Å². The second-order valence-electron chi connectivity index (χ2n) is 5.51. The third-order valence-electron chi connectivity index (χ3n) is 4.09. The summed E-state index contributed by atoms with van der Waals surface area (Å²) in [5.41, 5.74) is 8.79. The van der Waals surface area contributed by atoms with E-state index in [1.807, 2.05) is 0 Å². The van der Waals surface area contributed by atoms with Crippen LogP contribution in [0.4, 0.5) is 0 Å². The van der Waals surface area contributed by atoms with Crippen molar-refractivity contribution in [1.82, 2.24) is 0 Å². The lowest BCUT2D eigenvalue weighted by atomic mass is 9.94. The molecule has 0 aliphatic heterocycles. The molecular weight excluding hydrogens is 222 g/mol. The van der Waals surface area contributed by atoms with E-state index in [-0.39, 0.29) is 12.1 Å². The Morgan fingerprint density at radius 1 is 1.06 bits per heavy atom. The number of rotatable bonds is 2. The topological polar surface area (TPSA) is 35.2 Å². The van der Waals surface area contributed by atoms with Gasteiger partial charge in [-0.3, -0.25) is 0 Å². The molecule has 2 unspecified atom stereocenters. The number of hydrogen-bond acceptors (Lipinski definition) is 2. The molecule has 0 bridgehead atoms. The first-order valence-electron chi connectivity index (χ1n) is 7.17. The van der Waals surface area contributed by atoms with Crippen LogP contribution in [0.3, 0.4) is 0 Å². The number of benzene rings is 1. The monoisotopic (exact) mass is 247 g/mol. The van der Waals surface area contributed by atoms with Gasteiger partial charge in [-0.05, 0) is 50.3 Å². The van der Waals surface area contributed by atoms with Gasteiger partial charge >= 0.3 is 0 Å². The lowest BCUT2D eigenvalue weighted by Crippen LogP contribution is -2.39. The van der Waals surface area contributed by atoms with E-state index in [1.54, 1.807) is 0 Å². The van der Waals surface area contributed by atoms with E-state index in [2.05, 4.69) is 32.0 Å². The molecule has 0 aromatic heterocycles. The van der Waals surface area contributed by atoms with E-state index in [9.17, 15) is 0 Å². The Hall–Kier alpha value is -1.02. The van der Waals surface area contributed by atoms with Gasteiger partial charge in [0.25, 0.3) is 0 Å². The first-order valence-corrected chi connectivity index (χ1v) is 7.17. The van der Waals surface area contributed by atoms with Crippen molar-refractivity contribution < 1.29 is 4.74 Å². The van der Waals surface area contributed by atoms with E-state index < -0.39 is 0 Å². The van der Waals surface area contributed by atoms with Gasteiger partial charge in [0.05, 0.1) is 0 Å². The maximum atomic E-state index is 6.26. The van der Waals surface area contributed by atoms with Gasteiger partial charge in [0.1, 0.15) is 11.9 Å². The Kier molecular flexibility index (Phi) is 4.65. The van der Waals surface area contributed by atoms with E-state index in [0.717, 1.165) is 18.6 Å². The highest BCUT2D eigenvalue weighted by Crippen LogP contribution is 2.26. The summed E-state index contributed by atoms with van der Waals surface area (Å²) < 4.78 is 6.19.